The van der Waals surface area contributed by atoms with Gasteiger partial charge in [0.2, 0.25) is 5.91 Å². The fourth-order valence-corrected chi connectivity index (χ4v) is 5.47. The van der Waals surface area contributed by atoms with E-state index in [2.05, 4.69) is 0 Å². The van der Waals surface area contributed by atoms with Crippen LogP contribution in [0.25, 0.3) is 0 Å². The average molecular weight is 490 g/mol. The third-order valence-electron chi connectivity index (χ3n) is 6.14. The summed E-state index contributed by atoms with van der Waals surface area (Å²) in [6.07, 6.45) is -2.11. The SMILES string of the molecule is CC(C)(C(=O)N1CC(O)C(O)C1)S(=O)(=O)CC(Cc1ccccc1)C(=O)OCc1ccccc1. The molecule has 2 aromatic rings. The number of esters is 1. The molecule has 2 N–H and O–H groups in total. The molecular weight excluding hydrogens is 458 g/mol. The van der Waals surface area contributed by atoms with Crippen LogP contribution in [-0.2, 0) is 37.2 Å². The van der Waals surface area contributed by atoms with Crippen LogP contribution in [-0.4, -0.2) is 71.2 Å². The molecule has 34 heavy (non-hydrogen) atoms. The Morgan fingerprint density at radius 2 is 1.47 bits per heavy atom. The van der Waals surface area contributed by atoms with E-state index < -0.39 is 50.3 Å². The molecule has 0 radical (unpaired) electrons. The first-order valence-corrected chi connectivity index (χ1v) is 12.8. The van der Waals surface area contributed by atoms with E-state index in [1.807, 2.05) is 24.3 Å². The fraction of sp³-hybridized carbons (Fsp3) is 0.440. The standard InChI is InChI=1S/C25H31NO7S/c1-25(2,24(30)26-14-21(27)22(28)15-26)34(31,32)17-20(13-18-9-5-3-6-10-18)23(29)33-16-19-11-7-4-8-12-19/h3-12,20-22,27-28H,13-17H2,1-2H3. The highest BCUT2D eigenvalue weighted by Gasteiger charge is 2.48. The molecule has 8 nitrogen and oxygen atoms in total. The Bertz CT molecular complexity index is 1080. The normalized spacial score (nSPS) is 19.6. The molecule has 1 aliphatic rings. The summed E-state index contributed by atoms with van der Waals surface area (Å²) in [5.74, 6) is -2.98. The number of aliphatic hydroxyl groups is 2. The Kier molecular flexibility index (Phi) is 8.12. The molecule has 0 aromatic heterocycles. The molecule has 2 aromatic carbocycles. The number of aliphatic hydroxyl groups excluding tert-OH is 2. The zero-order valence-corrected chi connectivity index (χ0v) is 20.1. The fourth-order valence-electron chi connectivity index (χ4n) is 3.88. The summed E-state index contributed by atoms with van der Waals surface area (Å²) < 4.78 is 30.4. The number of hydrogen-bond donors (Lipinski definition) is 2. The van der Waals surface area contributed by atoms with Crippen molar-refractivity contribution in [2.24, 2.45) is 5.92 Å². The van der Waals surface area contributed by atoms with Gasteiger partial charge in [0.25, 0.3) is 0 Å². The van der Waals surface area contributed by atoms with E-state index in [0.29, 0.717) is 0 Å². The van der Waals surface area contributed by atoms with E-state index in [1.54, 1.807) is 36.4 Å². The van der Waals surface area contributed by atoms with Gasteiger partial charge in [-0.1, -0.05) is 60.7 Å². The van der Waals surface area contributed by atoms with Crippen LogP contribution < -0.4 is 0 Å². The number of likely N-dealkylation sites (tertiary alicyclic amines) is 1. The molecule has 0 spiro atoms. The third kappa shape index (κ3) is 6.02. The summed E-state index contributed by atoms with van der Waals surface area (Å²) in [5, 5.41) is 19.5. The quantitative estimate of drug-likeness (QED) is 0.510. The molecule has 9 heteroatoms. The molecule has 1 aliphatic heterocycles. The van der Waals surface area contributed by atoms with E-state index in [4.69, 9.17) is 4.74 Å². The summed E-state index contributed by atoms with van der Waals surface area (Å²) in [7, 11) is -4.13. The topological polar surface area (TPSA) is 121 Å². The maximum Gasteiger partial charge on any atom is 0.310 e. The van der Waals surface area contributed by atoms with E-state index in [9.17, 15) is 28.2 Å². The van der Waals surface area contributed by atoms with Crippen molar-refractivity contribution in [1.82, 2.24) is 4.90 Å². The number of carbonyl (C=O) groups excluding carboxylic acids is 2. The molecule has 0 bridgehead atoms. The molecule has 3 atom stereocenters. The second kappa shape index (κ2) is 10.7. The second-order valence-corrected chi connectivity index (χ2v) is 11.7. The molecule has 0 aliphatic carbocycles. The van der Waals surface area contributed by atoms with Gasteiger partial charge in [-0.3, -0.25) is 9.59 Å². The van der Waals surface area contributed by atoms with Crippen molar-refractivity contribution in [3.63, 3.8) is 0 Å². The number of rotatable bonds is 9. The number of ether oxygens (including phenoxy) is 1. The predicted molar refractivity (Wildman–Crippen MR) is 126 cm³/mol. The summed E-state index contributed by atoms with van der Waals surface area (Å²) in [6, 6.07) is 18.1. The summed E-state index contributed by atoms with van der Waals surface area (Å²) in [5.41, 5.74) is 1.55. The smallest absolute Gasteiger partial charge is 0.310 e. The van der Waals surface area contributed by atoms with Crippen LogP contribution in [0.4, 0.5) is 0 Å². The molecular formula is C25H31NO7S. The van der Waals surface area contributed by atoms with Crippen molar-refractivity contribution in [2.75, 3.05) is 18.8 Å². The van der Waals surface area contributed by atoms with E-state index in [-0.39, 0.29) is 26.1 Å². The molecule has 1 heterocycles. The van der Waals surface area contributed by atoms with Gasteiger partial charge in [0.05, 0.1) is 23.9 Å². The van der Waals surface area contributed by atoms with E-state index in [0.717, 1.165) is 16.0 Å². The van der Waals surface area contributed by atoms with Gasteiger partial charge in [0, 0.05) is 13.1 Å². The van der Waals surface area contributed by atoms with Crippen LogP contribution in [0.1, 0.15) is 25.0 Å². The van der Waals surface area contributed by atoms with Crippen LogP contribution in [0, 0.1) is 5.92 Å². The van der Waals surface area contributed by atoms with Gasteiger partial charge in [-0.25, -0.2) is 8.42 Å². The van der Waals surface area contributed by atoms with Gasteiger partial charge in [-0.05, 0) is 31.4 Å². The molecule has 3 rings (SSSR count). The van der Waals surface area contributed by atoms with E-state index in [1.165, 1.54) is 13.8 Å². The first kappa shape index (κ1) is 25.9. The number of benzene rings is 2. The van der Waals surface area contributed by atoms with E-state index >= 15 is 0 Å². The number of nitrogens with zero attached hydrogens (tertiary/aromatic N) is 1. The summed E-state index contributed by atoms with van der Waals surface area (Å²) in [4.78, 5) is 27.2. The Morgan fingerprint density at radius 3 is 2.00 bits per heavy atom. The Balaban J connectivity index is 1.79. The lowest BCUT2D eigenvalue weighted by Crippen LogP contribution is -2.51. The van der Waals surface area contributed by atoms with Crippen molar-refractivity contribution in [3.8, 4) is 0 Å². The Morgan fingerprint density at radius 1 is 0.971 bits per heavy atom. The number of hydrogen-bond acceptors (Lipinski definition) is 7. The molecule has 184 valence electrons. The Hall–Kier alpha value is -2.75. The average Bonchev–Trinajstić information content (AvgIpc) is 3.15. The molecule has 1 fully saturated rings. The van der Waals surface area contributed by atoms with Gasteiger partial charge in [-0.15, -0.1) is 0 Å². The zero-order chi connectivity index (χ0) is 24.9. The lowest BCUT2D eigenvalue weighted by molar-refractivity contribution is -0.149. The van der Waals surface area contributed by atoms with Crippen LogP contribution in [0.2, 0.25) is 0 Å². The highest BCUT2D eigenvalue weighted by Crippen LogP contribution is 2.27. The monoisotopic (exact) mass is 489 g/mol. The largest absolute Gasteiger partial charge is 0.461 e. The van der Waals surface area contributed by atoms with Gasteiger partial charge < -0.3 is 19.8 Å². The minimum atomic E-state index is -4.13. The Labute approximate surface area is 200 Å². The summed E-state index contributed by atoms with van der Waals surface area (Å²) >= 11 is 0. The van der Waals surface area contributed by atoms with Gasteiger partial charge in [0.15, 0.2) is 9.84 Å². The molecule has 3 unspecified atom stereocenters. The zero-order valence-electron chi connectivity index (χ0n) is 19.3. The molecule has 1 amide bonds. The first-order chi connectivity index (χ1) is 16.0. The number of sulfone groups is 1. The maximum atomic E-state index is 13.4. The maximum absolute atomic E-state index is 13.4. The second-order valence-electron chi connectivity index (χ2n) is 9.12. The minimum Gasteiger partial charge on any atom is -0.461 e. The minimum absolute atomic E-state index is 0.0108. The highest BCUT2D eigenvalue weighted by atomic mass is 32.2. The lowest BCUT2D eigenvalue weighted by Gasteiger charge is -2.30. The van der Waals surface area contributed by atoms with Gasteiger partial charge in [-0.2, -0.15) is 0 Å². The van der Waals surface area contributed by atoms with Gasteiger partial charge in [0.1, 0.15) is 11.4 Å². The van der Waals surface area contributed by atoms with Crippen LogP contribution in [0.3, 0.4) is 0 Å². The molecule has 0 saturated carbocycles. The van der Waals surface area contributed by atoms with Crippen LogP contribution in [0.15, 0.2) is 60.7 Å². The van der Waals surface area contributed by atoms with Crippen LogP contribution in [0.5, 0.6) is 0 Å². The summed E-state index contributed by atoms with van der Waals surface area (Å²) in [6.45, 7) is 2.29. The highest BCUT2D eigenvalue weighted by molar-refractivity contribution is 7.93. The van der Waals surface area contributed by atoms with Crippen molar-refractivity contribution in [1.29, 1.82) is 0 Å². The third-order valence-corrected chi connectivity index (χ3v) is 8.71. The van der Waals surface area contributed by atoms with Crippen molar-refractivity contribution in [3.05, 3.63) is 71.8 Å². The number of β-amino-alcohol motifs (C(OH)–C–C–N with tert-alkyl or cyclic N) is 2. The number of amides is 1. The van der Waals surface area contributed by atoms with Crippen molar-refractivity contribution < 1.29 is 33.0 Å². The van der Waals surface area contributed by atoms with Crippen molar-refractivity contribution >= 4 is 21.7 Å². The first-order valence-electron chi connectivity index (χ1n) is 11.1. The predicted octanol–water partition coefficient (Wildman–Crippen LogP) is 1.35. The van der Waals surface area contributed by atoms with Crippen LogP contribution >= 0.6 is 0 Å². The van der Waals surface area contributed by atoms with Crippen molar-refractivity contribution in [2.45, 2.75) is 43.8 Å². The lowest BCUT2D eigenvalue weighted by atomic mass is 10.0. The number of carbonyl (C=O) groups is 2. The molecule has 1 saturated heterocycles. The van der Waals surface area contributed by atoms with Gasteiger partial charge >= 0.3 is 5.97 Å².